The standard InChI is InChI=1S/C13H29NO/c1-6-8-11(3)13(14-9-7-2)10-12(4)15-5/h11-14H,6-10H2,1-5H3. The van der Waals surface area contributed by atoms with E-state index in [2.05, 4.69) is 33.0 Å². The third-order valence-electron chi connectivity index (χ3n) is 3.08. The van der Waals surface area contributed by atoms with E-state index >= 15 is 0 Å². The molecule has 92 valence electrons. The van der Waals surface area contributed by atoms with Crippen LogP contribution in [0.3, 0.4) is 0 Å². The van der Waals surface area contributed by atoms with Crippen LogP contribution in [0.5, 0.6) is 0 Å². The summed E-state index contributed by atoms with van der Waals surface area (Å²) >= 11 is 0. The van der Waals surface area contributed by atoms with Crippen molar-refractivity contribution >= 4 is 0 Å². The van der Waals surface area contributed by atoms with Crippen LogP contribution in [0, 0.1) is 5.92 Å². The fourth-order valence-electron chi connectivity index (χ4n) is 1.96. The van der Waals surface area contributed by atoms with E-state index in [1.165, 1.54) is 19.3 Å². The summed E-state index contributed by atoms with van der Waals surface area (Å²) in [6, 6.07) is 0.611. The maximum absolute atomic E-state index is 5.35. The second-order valence-corrected chi connectivity index (χ2v) is 4.61. The minimum Gasteiger partial charge on any atom is -0.382 e. The summed E-state index contributed by atoms with van der Waals surface area (Å²) in [6.07, 6.45) is 5.26. The second kappa shape index (κ2) is 9.17. The summed E-state index contributed by atoms with van der Waals surface area (Å²) in [5, 5.41) is 3.64. The van der Waals surface area contributed by atoms with E-state index < -0.39 is 0 Å². The van der Waals surface area contributed by atoms with Gasteiger partial charge in [-0.1, -0.05) is 27.2 Å². The molecular formula is C13H29NO. The molecule has 0 aromatic carbocycles. The molecule has 0 aromatic rings. The summed E-state index contributed by atoms with van der Waals surface area (Å²) in [4.78, 5) is 0. The molecule has 0 saturated carbocycles. The minimum absolute atomic E-state index is 0.360. The number of methoxy groups -OCH3 is 1. The predicted octanol–water partition coefficient (Wildman–Crippen LogP) is 3.22. The van der Waals surface area contributed by atoms with Crippen LogP contribution in [0.25, 0.3) is 0 Å². The number of hydrogen-bond donors (Lipinski definition) is 1. The van der Waals surface area contributed by atoms with Gasteiger partial charge in [-0.15, -0.1) is 0 Å². The summed E-state index contributed by atoms with van der Waals surface area (Å²) in [7, 11) is 1.80. The third-order valence-corrected chi connectivity index (χ3v) is 3.08. The number of rotatable bonds is 9. The molecule has 0 radical (unpaired) electrons. The van der Waals surface area contributed by atoms with E-state index in [1.54, 1.807) is 7.11 Å². The van der Waals surface area contributed by atoms with E-state index in [1.807, 2.05) is 0 Å². The Labute approximate surface area is 95.8 Å². The van der Waals surface area contributed by atoms with Crippen molar-refractivity contribution < 1.29 is 4.74 Å². The Morgan fingerprint density at radius 1 is 1.13 bits per heavy atom. The zero-order valence-electron chi connectivity index (χ0n) is 11.2. The first-order valence-electron chi connectivity index (χ1n) is 6.41. The van der Waals surface area contributed by atoms with E-state index in [-0.39, 0.29) is 0 Å². The molecular weight excluding hydrogens is 186 g/mol. The van der Waals surface area contributed by atoms with E-state index in [0.29, 0.717) is 12.1 Å². The molecule has 0 aromatic heterocycles. The molecule has 0 fully saturated rings. The van der Waals surface area contributed by atoms with Crippen LogP contribution < -0.4 is 5.32 Å². The summed E-state index contributed by atoms with van der Waals surface area (Å²) < 4.78 is 5.35. The summed E-state index contributed by atoms with van der Waals surface area (Å²) in [5.74, 6) is 0.749. The number of hydrogen-bond acceptors (Lipinski definition) is 2. The van der Waals surface area contributed by atoms with Gasteiger partial charge in [0.15, 0.2) is 0 Å². The van der Waals surface area contributed by atoms with Gasteiger partial charge in [-0.3, -0.25) is 0 Å². The highest BCUT2D eigenvalue weighted by atomic mass is 16.5. The van der Waals surface area contributed by atoms with Gasteiger partial charge in [-0.2, -0.15) is 0 Å². The van der Waals surface area contributed by atoms with Gasteiger partial charge in [0.05, 0.1) is 6.10 Å². The van der Waals surface area contributed by atoms with Gasteiger partial charge >= 0.3 is 0 Å². The molecule has 0 spiro atoms. The molecule has 0 aliphatic heterocycles. The first kappa shape index (κ1) is 14.9. The highest BCUT2D eigenvalue weighted by Gasteiger charge is 2.18. The summed E-state index contributed by atoms with van der Waals surface area (Å²) in [5.41, 5.74) is 0. The van der Waals surface area contributed by atoms with Gasteiger partial charge in [-0.25, -0.2) is 0 Å². The molecule has 15 heavy (non-hydrogen) atoms. The molecule has 0 amide bonds. The Morgan fingerprint density at radius 3 is 2.27 bits per heavy atom. The number of nitrogens with one attached hydrogen (secondary N) is 1. The first-order valence-corrected chi connectivity index (χ1v) is 6.41. The van der Waals surface area contributed by atoms with Crippen LogP contribution in [0.1, 0.15) is 53.4 Å². The van der Waals surface area contributed by atoms with Crippen LogP contribution >= 0.6 is 0 Å². The average molecular weight is 215 g/mol. The molecule has 1 N–H and O–H groups in total. The zero-order valence-corrected chi connectivity index (χ0v) is 11.2. The van der Waals surface area contributed by atoms with Crippen LogP contribution in [0.2, 0.25) is 0 Å². The van der Waals surface area contributed by atoms with Crippen LogP contribution in [-0.4, -0.2) is 25.8 Å². The van der Waals surface area contributed by atoms with E-state index in [9.17, 15) is 0 Å². The largest absolute Gasteiger partial charge is 0.382 e. The topological polar surface area (TPSA) is 21.3 Å². The Hall–Kier alpha value is -0.0800. The minimum atomic E-state index is 0.360. The van der Waals surface area contributed by atoms with Crippen LogP contribution in [0.4, 0.5) is 0 Å². The van der Waals surface area contributed by atoms with Crippen molar-refractivity contribution in [1.29, 1.82) is 0 Å². The molecule has 0 saturated heterocycles. The van der Waals surface area contributed by atoms with Gasteiger partial charge in [0.2, 0.25) is 0 Å². The zero-order chi connectivity index (χ0) is 11.7. The van der Waals surface area contributed by atoms with Crippen molar-refractivity contribution in [3.63, 3.8) is 0 Å². The van der Waals surface area contributed by atoms with Crippen molar-refractivity contribution in [2.45, 2.75) is 65.5 Å². The van der Waals surface area contributed by atoms with Gasteiger partial charge in [-0.05, 0) is 38.6 Å². The second-order valence-electron chi connectivity index (χ2n) is 4.61. The lowest BCUT2D eigenvalue weighted by Crippen LogP contribution is -2.38. The molecule has 0 heterocycles. The smallest absolute Gasteiger partial charge is 0.0558 e. The monoisotopic (exact) mass is 215 g/mol. The van der Waals surface area contributed by atoms with Crippen molar-refractivity contribution in [2.75, 3.05) is 13.7 Å². The first-order chi connectivity index (χ1) is 7.15. The Balaban J connectivity index is 4.03. The maximum Gasteiger partial charge on any atom is 0.0558 e. The van der Waals surface area contributed by atoms with Crippen molar-refractivity contribution in [3.05, 3.63) is 0 Å². The van der Waals surface area contributed by atoms with Crippen molar-refractivity contribution in [1.82, 2.24) is 5.32 Å². The normalized spacial score (nSPS) is 17.4. The fraction of sp³-hybridized carbons (Fsp3) is 1.00. The van der Waals surface area contributed by atoms with Gasteiger partial charge < -0.3 is 10.1 Å². The molecule has 0 bridgehead atoms. The highest BCUT2D eigenvalue weighted by Crippen LogP contribution is 2.16. The van der Waals surface area contributed by atoms with E-state index in [0.717, 1.165) is 18.9 Å². The molecule has 2 heteroatoms. The lowest BCUT2D eigenvalue weighted by Gasteiger charge is -2.27. The maximum atomic E-state index is 5.35. The lowest BCUT2D eigenvalue weighted by molar-refractivity contribution is 0.0922. The molecule has 0 rings (SSSR count). The molecule has 3 atom stereocenters. The third kappa shape index (κ3) is 6.91. The molecule has 2 nitrogen and oxygen atoms in total. The SMILES string of the molecule is CCCNC(CC(C)OC)C(C)CCC. The predicted molar refractivity (Wildman–Crippen MR) is 67.2 cm³/mol. The highest BCUT2D eigenvalue weighted by molar-refractivity contribution is 4.75. The van der Waals surface area contributed by atoms with E-state index in [4.69, 9.17) is 4.74 Å². The number of ether oxygens (including phenoxy) is 1. The quantitative estimate of drug-likeness (QED) is 0.637. The lowest BCUT2D eigenvalue weighted by atomic mass is 9.92. The molecule has 0 aliphatic carbocycles. The Kier molecular flexibility index (Phi) is 9.12. The average Bonchev–Trinajstić information content (AvgIpc) is 2.24. The fourth-order valence-corrected chi connectivity index (χ4v) is 1.96. The Morgan fingerprint density at radius 2 is 1.80 bits per heavy atom. The Bertz CT molecular complexity index is 138. The molecule has 0 aliphatic rings. The van der Waals surface area contributed by atoms with Crippen LogP contribution in [-0.2, 0) is 4.74 Å². The van der Waals surface area contributed by atoms with Gasteiger partial charge in [0.25, 0.3) is 0 Å². The van der Waals surface area contributed by atoms with Crippen LogP contribution in [0.15, 0.2) is 0 Å². The molecule has 3 unspecified atom stereocenters. The van der Waals surface area contributed by atoms with Gasteiger partial charge in [0.1, 0.15) is 0 Å². The van der Waals surface area contributed by atoms with Crippen molar-refractivity contribution in [2.24, 2.45) is 5.92 Å². The van der Waals surface area contributed by atoms with Crippen molar-refractivity contribution in [3.8, 4) is 0 Å². The van der Waals surface area contributed by atoms with Gasteiger partial charge in [0, 0.05) is 13.2 Å². The summed E-state index contributed by atoms with van der Waals surface area (Å²) in [6.45, 7) is 10.1.